The number of nitrogens with one attached hydrogen (secondary N) is 1. The minimum Gasteiger partial charge on any atom is -0.378 e. The van der Waals surface area contributed by atoms with Crippen molar-refractivity contribution in [3.8, 4) is 16.9 Å². The van der Waals surface area contributed by atoms with Crippen LogP contribution in [0, 0.1) is 6.92 Å². The summed E-state index contributed by atoms with van der Waals surface area (Å²) in [6.07, 6.45) is 5.50. The highest BCUT2D eigenvalue weighted by Crippen LogP contribution is 2.24. The second-order valence-electron chi connectivity index (χ2n) is 5.99. The molecule has 128 valence electrons. The molecule has 1 saturated heterocycles. The Morgan fingerprint density at radius 1 is 1.24 bits per heavy atom. The van der Waals surface area contributed by atoms with Crippen LogP contribution in [0.2, 0.25) is 0 Å². The Morgan fingerprint density at radius 3 is 2.76 bits per heavy atom. The molecule has 1 aliphatic rings. The fourth-order valence-corrected chi connectivity index (χ4v) is 2.89. The Hall–Kier alpha value is -2.93. The van der Waals surface area contributed by atoms with E-state index in [4.69, 9.17) is 4.74 Å². The molecule has 1 fully saturated rings. The molecule has 0 aliphatic carbocycles. The Morgan fingerprint density at radius 2 is 2.08 bits per heavy atom. The Kier molecular flexibility index (Phi) is 4.07. The normalized spacial score (nSPS) is 14.7. The number of pyridine rings is 1. The molecular formula is C18H19N5O2. The summed E-state index contributed by atoms with van der Waals surface area (Å²) in [5, 5.41) is 4.57. The first-order valence-corrected chi connectivity index (χ1v) is 8.25. The number of aryl methyl sites for hydroxylation is 1. The zero-order chi connectivity index (χ0) is 17.2. The molecule has 1 aliphatic heterocycles. The lowest BCUT2D eigenvalue weighted by atomic mass is 10.2. The van der Waals surface area contributed by atoms with E-state index in [-0.39, 0.29) is 5.91 Å². The van der Waals surface area contributed by atoms with Crippen LogP contribution in [0.1, 0.15) is 16.2 Å². The van der Waals surface area contributed by atoms with Gasteiger partial charge in [-0.25, -0.2) is 4.68 Å². The van der Waals surface area contributed by atoms with Crippen LogP contribution < -0.4 is 0 Å². The number of nitrogens with zero attached hydrogens (tertiary/aromatic N) is 4. The summed E-state index contributed by atoms with van der Waals surface area (Å²) < 4.78 is 7.09. The first-order valence-electron chi connectivity index (χ1n) is 8.25. The van der Waals surface area contributed by atoms with Gasteiger partial charge in [0.1, 0.15) is 0 Å². The van der Waals surface area contributed by atoms with Crippen LogP contribution in [0.3, 0.4) is 0 Å². The second kappa shape index (κ2) is 6.52. The van der Waals surface area contributed by atoms with Crippen LogP contribution in [-0.2, 0) is 4.74 Å². The Bertz CT molecular complexity index is 862. The van der Waals surface area contributed by atoms with Gasteiger partial charge in [-0.05, 0) is 31.2 Å². The third kappa shape index (κ3) is 3.06. The number of hydrogen-bond acceptors (Lipinski definition) is 4. The maximum Gasteiger partial charge on any atom is 0.274 e. The summed E-state index contributed by atoms with van der Waals surface area (Å²) >= 11 is 0. The predicted octanol–water partition coefficient (Wildman–Crippen LogP) is 2.04. The summed E-state index contributed by atoms with van der Waals surface area (Å²) in [4.78, 5) is 22.0. The lowest BCUT2D eigenvalue weighted by Crippen LogP contribution is -2.40. The Labute approximate surface area is 145 Å². The third-order valence-corrected chi connectivity index (χ3v) is 4.26. The average Bonchev–Trinajstić information content (AvgIpc) is 3.32. The van der Waals surface area contributed by atoms with Crippen LogP contribution in [0.5, 0.6) is 0 Å². The van der Waals surface area contributed by atoms with Gasteiger partial charge >= 0.3 is 0 Å². The number of carbonyl (C=O) groups excluding carboxylic acids is 1. The van der Waals surface area contributed by atoms with Gasteiger partial charge in [0.05, 0.1) is 30.8 Å². The van der Waals surface area contributed by atoms with E-state index >= 15 is 0 Å². The fourth-order valence-electron chi connectivity index (χ4n) is 2.89. The number of amides is 1. The van der Waals surface area contributed by atoms with Gasteiger partial charge in [0, 0.05) is 36.7 Å². The predicted molar refractivity (Wildman–Crippen MR) is 92.6 cm³/mol. The minimum absolute atomic E-state index is 0.0705. The number of carbonyl (C=O) groups is 1. The van der Waals surface area contributed by atoms with Crippen molar-refractivity contribution >= 4 is 5.91 Å². The van der Waals surface area contributed by atoms with Crippen LogP contribution >= 0.6 is 0 Å². The molecule has 4 rings (SSSR count). The molecule has 25 heavy (non-hydrogen) atoms. The molecule has 0 radical (unpaired) electrons. The van der Waals surface area contributed by atoms with E-state index in [1.54, 1.807) is 15.8 Å². The number of morpholine rings is 1. The summed E-state index contributed by atoms with van der Waals surface area (Å²) in [5.74, 6) is -0.0705. The highest BCUT2D eigenvalue weighted by atomic mass is 16.5. The summed E-state index contributed by atoms with van der Waals surface area (Å²) in [6.45, 7) is 4.26. The number of rotatable bonds is 3. The fraction of sp³-hybridized carbons (Fsp3) is 0.278. The SMILES string of the molecule is Cc1ccc(-n2nc(C(=O)N3CCOCC3)cc2-c2cc[nH]c2)cn1. The summed E-state index contributed by atoms with van der Waals surface area (Å²) in [5.41, 5.74) is 4.00. The molecule has 1 amide bonds. The maximum absolute atomic E-state index is 12.8. The highest BCUT2D eigenvalue weighted by Gasteiger charge is 2.23. The van der Waals surface area contributed by atoms with E-state index in [1.807, 2.05) is 43.6 Å². The molecule has 7 heteroatoms. The van der Waals surface area contributed by atoms with Gasteiger partial charge < -0.3 is 14.6 Å². The molecule has 3 aromatic heterocycles. The van der Waals surface area contributed by atoms with E-state index in [2.05, 4.69) is 15.1 Å². The monoisotopic (exact) mass is 337 g/mol. The van der Waals surface area contributed by atoms with Gasteiger partial charge in [0.15, 0.2) is 5.69 Å². The van der Waals surface area contributed by atoms with Crippen molar-refractivity contribution in [2.45, 2.75) is 6.92 Å². The third-order valence-electron chi connectivity index (χ3n) is 4.26. The van der Waals surface area contributed by atoms with E-state index in [1.165, 1.54) is 0 Å². The lowest BCUT2D eigenvalue weighted by Gasteiger charge is -2.25. The first-order chi connectivity index (χ1) is 12.2. The van der Waals surface area contributed by atoms with Crippen molar-refractivity contribution in [1.82, 2.24) is 24.6 Å². The molecule has 0 saturated carbocycles. The van der Waals surface area contributed by atoms with Crippen molar-refractivity contribution in [3.63, 3.8) is 0 Å². The van der Waals surface area contributed by atoms with Crippen LogP contribution in [0.25, 0.3) is 16.9 Å². The van der Waals surface area contributed by atoms with E-state index in [9.17, 15) is 4.79 Å². The van der Waals surface area contributed by atoms with Crippen LogP contribution in [0.15, 0.2) is 42.9 Å². The van der Waals surface area contributed by atoms with Crippen LogP contribution in [-0.4, -0.2) is 56.9 Å². The van der Waals surface area contributed by atoms with Gasteiger partial charge in [0.2, 0.25) is 0 Å². The molecule has 0 bridgehead atoms. The number of H-pyrrole nitrogens is 1. The highest BCUT2D eigenvalue weighted by molar-refractivity contribution is 5.93. The largest absolute Gasteiger partial charge is 0.378 e. The van der Waals surface area contributed by atoms with Gasteiger partial charge in [-0.1, -0.05) is 0 Å². The van der Waals surface area contributed by atoms with E-state index in [0.29, 0.717) is 32.0 Å². The van der Waals surface area contributed by atoms with Gasteiger partial charge in [-0.3, -0.25) is 9.78 Å². The number of hydrogen-bond donors (Lipinski definition) is 1. The summed E-state index contributed by atoms with van der Waals surface area (Å²) in [7, 11) is 0. The molecule has 0 aromatic carbocycles. The van der Waals surface area contributed by atoms with Crippen molar-refractivity contribution < 1.29 is 9.53 Å². The quantitative estimate of drug-likeness (QED) is 0.793. The average molecular weight is 337 g/mol. The molecule has 0 atom stereocenters. The molecule has 7 nitrogen and oxygen atoms in total. The lowest BCUT2D eigenvalue weighted by molar-refractivity contribution is 0.0298. The topological polar surface area (TPSA) is 76.0 Å². The van der Waals surface area contributed by atoms with Crippen molar-refractivity contribution in [3.05, 3.63) is 54.2 Å². The van der Waals surface area contributed by atoms with Gasteiger partial charge in [-0.2, -0.15) is 5.10 Å². The smallest absolute Gasteiger partial charge is 0.274 e. The van der Waals surface area contributed by atoms with E-state index in [0.717, 1.165) is 22.6 Å². The molecule has 1 N–H and O–H groups in total. The Balaban J connectivity index is 1.75. The van der Waals surface area contributed by atoms with Gasteiger partial charge in [0.25, 0.3) is 5.91 Å². The van der Waals surface area contributed by atoms with Crippen molar-refractivity contribution in [1.29, 1.82) is 0 Å². The zero-order valence-corrected chi connectivity index (χ0v) is 14.0. The molecule has 3 aromatic rings. The van der Waals surface area contributed by atoms with Crippen LogP contribution in [0.4, 0.5) is 0 Å². The van der Waals surface area contributed by atoms with E-state index < -0.39 is 0 Å². The number of ether oxygens (including phenoxy) is 1. The minimum atomic E-state index is -0.0705. The maximum atomic E-state index is 12.8. The summed E-state index contributed by atoms with van der Waals surface area (Å²) in [6, 6.07) is 7.68. The molecule has 4 heterocycles. The number of aromatic amines is 1. The van der Waals surface area contributed by atoms with Gasteiger partial charge in [-0.15, -0.1) is 0 Å². The molecule has 0 spiro atoms. The first kappa shape index (κ1) is 15.6. The second-order valence-corrected chi connectivity index (χ2v) is 5.99. The number of aromatic nitrogens is 4. The van der Waals surface area contributed by atoms with Crippen molar-refractivity contribution in [2.75, 3.05) is 26.3 Å². The zero-order valence-electron chi connectivity index (χ0n) is 14.0. The molecule has 0 unspecified atom stereocenters. The standard InChI is InChI=1S/C18H19N5O2/c1-13-2-3-15(12-20-13)23-17(14-4-5-19-11-14)10-16(21-23)18(24)22-6-8-25-9-7-22/h2-5,10-12,19H,6-9H2,1H3. The molecular weight excluding hydrogens is 318 g/mol. The van der Waals surface area contributed by atoms with Crippen molar-refractivity contribution in [2.24, 2.45) is 0 Å².